The van der Waals surface area contributed by atoms with E-state index in [4.69, 9.17) is 5.73 Å². The molecule has 1 aromatic carbocycles. The minimum Gasteiger partial charge on any atom is -0.397 e. The van der Waals surface area contributed by atoms with Gasteiger partial charge in [0, 0.05) is 18.1 Å². The van der Waals surface area contributed by atoms with Crippen LogP contribution >= 0.6 is 0 Å². The maximum Gasteiger partial charge on any atom is 0.0690 e. The van der Waals surface area contributed by atoms with E-state index in [1.807, 2.05) is 18.3 Å². The highest BCUT2D eigenvalue weighted by molar-refractivity contribution is 5.92. The average molecular weight is 189 g/mol. The number of hydrogen-bond acceptors (Lipinski definition) is 2. The number of benzene rings is 1. The van der Waals surface area contributed by atoms with Gasteiger partial charge in [-0.15, -0.1) is 0 Å². The summed E-state index contributed by atoms with van der Waals surface area (Å²) in [5.41, 5.74) is 9.00. The molecule has 1 aromatic heterocycles. The molecule has 1 heterocycles. The summed E-state index contributed by atoms with van der Waals surface area (Å²) in [6, 6.07) is 6.00. The van der Waals surface area contributed by atoms with E-state index in [9.17, 15) is 0 Å². The number of H-pyrrole nitrogens is 1. The standard InChI is InChI=1S/C11H15N3/c1-14(2)7-8-6-13-11-9(8)4-3-5-10(11)12/h3-6,13H,7,12H2,1-2H3. The summed E-state index contributed by atoms with van der Waals surface area (Å²) in [5, 5.41) is 1.22. The summed E-state index contributed by atoms with van der Waals surface area (Å²) < 4.78 is 0. The summed E-state index contributed by atoms with van der Waals surface area (Å²) in [7, 11) is 4.12. The number of hydrogen-bond donors (Lipinski definition) is 2. The summed E-state index contributed by atoms with van der Waals surface area (Å²) in [6.45, 7) is 0.934. The van der Waals surface area contributed by atoms with Crippen LogP contribution in [0.2, 0.25) is 0 Å². The molecule has 2 aromatic rings. The number of nitrogen functional groups attached to an aromatic ring is 1. The van der Waals surface area contributed by atoms with Crippen LogP contribution in [0.3, 0.4) is 0 Å². The predicted molar refractivity (Wildman–Crippen MR) is 60.1 cm³/mol. The van der Waals surface area contributed by atoms with Crippen molar-refractivity contribution < 1.29 is 0 Å². The summed E-state index contributed by atoms with van der Waals surface area (Å²) >= 11 is 0. The lowest BCUT2D eigenvalue weighted by atomic mass is 10.1. The zero-order valence-electron chi connectivity index (χ0n) is 8.54. The van der Waals surface area contributed by atoms with Crippen LogP contribution in [0.15, 0.2) is 24.4 Å². The highest BCUT2D eigenvalue weighted by Crippen LogP contribution is 2.23. The Morgan fingerprint density at radius 3 is 2.86 bits per heavy atom. The lowest BCUT2D eigenvalue weighted by molar-refractivity contribution is 0.404. The van der Waals surface area contributed by atoms with Crippen molar-refractivity contribution >= 4 is 16.6 Å². The van der Waals surface area contributed by atoms with E-state index >= 15 is 0 Å². The minimum absolute atomic E-state index is 0.813. The minimum atomic E-state index is 0.813. The molecule has 0 aliphatic carbocycles. The summed E-state index contributed by atoms with van der Waals surface area (Å²) in [4.78, 5) is 5.35. The van der Waals surface area contributed by atoms with E-state index in [0.29, 0.717) is 0 Å². The Balaban J connectivity index is 2.52. The monoisotopic (exact) mass is 189 g/mol. The van der Waals surface area contributed by atoms with Crippen LogP contribution < -0.4 is 5.73 Å². The molecule has 3 N–H and O–H groups in total. The molecule has 0 atom stereocenters. The fourth-order valence-electron chi connectivity index (χ4n) is 1.71. The van der Waals surface area contributed by atoms with Crippen molar-refractivity contribution in [3.05, 3.63) is 30.0 Å². The van der Waals surface area contributed by atoms with Crippen molar-refractivity contribution in [3.8, 4) is 0 Å². The number of aromatic amines is 1. The molecule has 0 aliphatic rings. The number of fused-ring (bicyclic) bond motifs is 1. The third-order valence-corrected chi connectivity index (χ3v) is 2.32. The van der Waals surface area contributed by atoms with Crippen LogP contribution in [-0.2, 0) is 6.54 Å². The first-order valence-electron chi connectivity index (χ1n) is 4.67. The van der Waals surface area contributed by atoms with Crippen LogP contribution in [0.4, 0.5) is 5.69 Å². The van der Waals surface area contributed by atoms with E-state index in [2.05, 4.69) is 30.0 Å². The number of aromatic nitrogens is 1. The van der Waals surface area contributed by atoms with Gasteiger partial charge in [0.25, 0.3) is 0 Å². The summed E-state index contributed by atoms with van der Waals surface area (Å²) in [5.74, 6) is 0. The molecular formula is C11H15N3. The Morgan fingerprint density at radius 1 is 1.36 bits per heavy atom. The van der Waals surface area contributed by atoms with Crippen molar-refractivity contribution in [2.45, 2.75) is 6.54 Å². The number of nitrogens with zero attached hydrogens (tertiary/aromatic N) is 1. The fourth-order valence-corrected chi connectivity index (χ4v) is 1.71. The molecule has 0 saturated carbocycles. The van der Waals surface area contributed by atoms with E-state index < -0.39 is 0 Å². The van der Waals surface area contributed by atoms with Gasteiger partial charge in [0.05, 0.1) is 11.2 Å². The molecule has 0 aliphatic heterocycles. The van der Waals surface area contributed by atoms with Crippen LogP contribution in [0.25, 0.3) is 10.9 Å². The van der Waals surface area contributed by atoms with Crippen molar-refractivity contribution in [2.75, 3.05) is 19.8 Å². The van der Waals surface area contributed by atoms with Gasteiger partial charge in [-0.05, 0) is 25.7 Å². The van der Waals surface area contributed by atoms with Gasteiger partial charge in [0.2, 0.25) is 0 Å². The molecule has 0 spiro atoms. The Labute approximate surface area is 83.5 Å². The maximum absolute atomic E-state index is 5.86. The SMILES string of the molecule is CN(C)Cc1c[nH]c2c(N)cccc12. The van der Waals surface area contributed by atoms with Crippen LogP contribution in [0.5, 0.6) is 0 Å². The predicted octanol–water partition coefficient (Wildman–Crippen LogP) is 1.81. The summed E-state index contributed by atoms with van der Waals surface area (Å²) in [6.07, 6.45) is 2.03. The Hall–Kier alpha value is -1.48. The fraction of sp³-hybridized carbons (Fsp3) is 0.273. The zero-order chi connectivity index (χ0) is 10.1. The van der Waals surface area contributed by atoms with Gasteiger partial charge >= 0.3 is 0 Å². The van der Waals surface area contributed by atoms with Gasteiger partial charge in [0.1, 0.15) is 0 Å². The molecule has 0 saturated heterocycles. The third kappa shape index (κ3) is 1.46. The molecule has 3 heteroatoms. The highest BCUT2D eigenvalue weighted by atomic mass is 15.0. The van der Waals surface area contributed by atoms with Gasteiger partial charge < -0.3 is 15.6 Å². The molecule has 0 fully saturated rings. The van der Waals surface area contributed by atoms with Gasteiger partial charge in [0.15, 0.2) is 0 Å². The molecule has 0 amide bonds. The molecule has 3 nitrogen and oxygen atoms in total. The van der Waals surface area contributed by atoms with Gasteiger partial charge in [-0.2, -0.15) is 0 Å². The number of rotatable bonds is 2. The van der Waals surface area contributed by atoms with Crippen LogP contribution in [0, 0.1) is 0 Å². The molecule has 2 rings (SSSR count). The number of nitrogens with two attached hydrogens (primary N) is 1. The largest absolute Gasteiger partial charge is 0.397 e. The molecule has 74 valence electrons. The van der Waals surface area contributed by atoms with Crippen molar-refractivity contribution in [2.24, 2.45) is 0 Å². The average Bonchev–Trinajstić information content (AvgIpc) is 2.49. The maximum atomic E-state index is 5.86. The lowest BCUT2D eigenvalue weighted by Crippen LogP contribution is -2.10. The first-order chi connectivity index (χ1) is 6.68. The molecule has 0 radical (unpaired) electrons. The van der Waals surface area contributed by atoms with E-state index in [1.165, 1.54) is 10.9 Å². The normalized spacial score (nSPS) is 11.4. The van der Waals surface area contributed by atoms with Crippen molar-refractivity contribution in [1.29, 1.82) is 0 Å². The number of anilines is 1. The molecular weight excluding hydrogens is 174 g/mol. The molecule has 0 bridgehead atoms. The quantitative estimate of drug-likeness (QED) is 0.708. The highest BCUT2D eigenvalue weighted by Gasteiger charge is 2.05. The number of nitrogens with one attached hydrogen (secondary N) is 1. The van der Waals surface area contributed by atoms with Gasteiger partial charge in [-0.3, -0.25) is 0 Å². The second kappa shape index (κ2) is 3.35. The Kier molecular flexibility index (Phi) is 2.17. The van der Waals surface area contributed by atoms with Gasteiger partial charge in [-0.1, -0.05) is 12.1 Å². The molecule has 14 heavy (non-hydrogen) atoms. The third-order valence-electron chi connectivity index (χ3n) is 2.32. The van der Waals surface area contributed by atoms with E-state index in [0.717, 1.165) is 17.7 Å². The lowest BCUT2D eigenvalue weighted by Gasteiger charge is -2.07. The van der Waals surface area contributed by atoms with Crippen molar-refractivity contribution in [3.63, 3.8) is 0 Å². The second-order valence-corrected chi connectivity index (χ2v) is 3.82. The zero-order valence-corrected chi connectivity index (χ0v) is 8.54. The van der Waals surface area contributed by atoms with Gasteiger partial charge in [-0.25, -0.2) is 0 Å². The topological polar surface area (TPSA) is 45.0 Å². The number of para-hydroxylation sites is 1. The van der Waals surface area contributed by atoms with Crippen molar-refractivity contribution in [1.82, 2.24) is 9.88 Å². The van der Waals surface area contributed by atoms with E-state index in [1.54, 1.807) is 0 Å². The second-order valence-electron chi connectivity index (χ2n) is 3.82. The first-order valence-corrected chi connectivity index (χ1v) is 4.67. The van der Waals surface area contributed by atoms with Crippen LogP contribution in [0.1, 0.15) is 5.56 Å². The smallest absolute Gasteiger partial charge is 0.0690 e. The Bertz CT molecular complexity index is 443. The molecule has 0 unspecified atom stereocenters. The van der Waals surface area contributed by atoms with Crippen LogP contribution in [-0.4, -0.2) is 24.0 Å². The first kappa shape index (κ1) is 9.09. The Morgan fingerprint density at radius 2 is 2.14 bits per heavy atom. The van der Waals surface area contributed by atoms with E-state index in [-0.39, 0.29) is 0 Å².